The summed E-state index contributed by atoms with van der Waals surface area (Å²) in [5.41, 5.74) is 5.43. The third-order valence-electron chi connectivity index (χ3n) is 2.26. The number of hydrogen-bond donors (Lipinski definition) is 2. The molecule has 0 radical (unpaired) electrons. The van der Waals surface area contributed by atoms with Gasteiger partial charge in [0.25, 0.3) is 0 Å². The van der Waals surface area contributed by atoms with Gasteiger partial charge in [-0.1, -0.05) is 0 Å². The zero-order valence-corrected chi connectivity index (χ0v) is 7.78. The molecule has 0 aliphatic carbocycles. The minimum atomic E-state index is -0.555. The van der Waals surface area contributed by atoms with Gasteiger partial charge in [-0.15, -0.1) is 0 Å². The molecule has 1 unspecified atom stereocenters. The summed E-state index contributed by atoms with van der Waals surface area (Å²) in [4.78, 5) is 0. The van der Waals surface area contributed by atoms with Gasteiger partial charge >= 0.3 is 0 Å². The molecule has 4 nitrogen and oxygen atoms in total. The molecule has 12 heavy (non-hydrogen) atoms. The monoisotopic (exact) mass is 175 g/mol. The Labute approximate surface area is 72.6 Å². The van der Waals surface area contributed by atoms with E-state index < -0.39 is 11.6 Å². The van der Waals surface area contributed by atoms with Gasteiger partial charge < -0.3 is 20.3 Å². The van der Waals surface area contributed by atoms with E-state index in [1.165, 1.54) is 0 Å². The first-order chi connectivity index (χ1) is 5.47. The van der Waals surface area contributed by atoms with Crippen LogP contribution in [0.2, 0.25) is 0 Å². The topological polar surface area (TPSA) is 64.7 Å². The SMILES string of the molecule is COC1C[C@](C)(N)[C@@H]([C@H](C)O)O1. The zero-order chi connectivity index (χ0) is 9.35. The van der Waals surface area contributed by atoms with Crippen LogP contribution in [0.4, 0.5) is 0 Å². The maximum absolute atomic E-state index is 9.34. The average molecular weight is 175 g/mol. The second-order valence-corrected chi connectivity index (χ2v) is 3.67. The van der Waals surface area contributed by atoms with Crippen molar-refractivity contribution < 1.29 is 14.6 Å². The number of ether oxygens (including phenoxy) is 2. The van der Waals surface area contributed by atoms with E-state index in [9.17, 15) is 5.11 Å². The average Bonchev–Trinajstić information content (AvgIpc) is 2.25. The highest BCUT2D eigenvalue weighted by molar-refractivity contribution is 4.96. The quantitative estimate of drug-likeness (QED) is 0.612. The molecule has 0 spiro atoms. The van der Waals surface area contributed by atoms with Crippen LogP contribution in [0.3, 0.4) is 0 Å². The van der Waals surface area contributed by atoms with Crippen LogP contribution in [-0.2, 0) is 9.47 Å². The molecular weight excluding hydrogens is 158 g/mol. The van der Waals surface area contributed by atoms with Crippen LogP contribution < -0.4 is 5.73 Å². The van der Waals surface area contributed by atoms with Gasteiger partial charge in [-0.3, -0.25) is 0 Å². The first kappa shape index (κ1) is 9.92. The normalized spacial score (nSPS) is 44.8. The predicted molar refractivity (Wildman–Crippen MR) is 44.6 cm³/mol. The van der Waals surface area contributed by atoms with Crippen LogP contribution in [0, 0.1) is 0 Å². The summed E-state index contributed by atoms with van der Waals surface area (Å²) >= 11 is 0. The molecule has 0 aromatic rings. The standard InChI is InChI=1S/C8H17NO3/c1-5(10)7-8(2,9)4-6(11-3)12-7/h5-7,10H,4,9H2,1-3H3/t5-,6?,7+,8-/m0/s1. The molecule has 1 aliphatic rings. The Balaban J connectivity index is 2.64. The van der Waals surface area contributed by atoms with Crippen molar-refractivity contribution in [3.05, 3.63) is 0 Å². The van der Waals surface area contributed by atoms with Crippen molar-refractivity contribution in [2.75, 3.05) is 7.11 Å². The van der Waals surface area contributed by atoms with Gasteiger partial charge in [0, 0.05) is 19.1 Å². The Morgan fingerprint density at radius 2 is 2.33 bits per heavy atom. The highest BCUT2D eigenvalue weighted by atomic mass is 16.7. The molecule has 72 valence electrons. The first-order valence-corrected chi connectivity index (χ1v) is 4.12. The lowest BCUT2D eigenvalue weighted by Gasteiger charge is -2.26. The van der Waals surface area contributed by atoms with Crippen molar-refractivity contribution in [1.82, 2.24) is 0 Å². The number of methoxy groups -OCH3 is 1. The van der Waals surface area contributed by atoms with Crippen LogP contribution >= 0.6 is 0 Å². The van der Waals surface area contributed by atoms with Gasteiger partial charge in [0.2, 0.25) is 0 Å². The van der Waals surface area contributed by atoms with Crippen LogP contribution in [0.25, 0.3) is 0 Å². The molecule has 4 atom stereocenters. The third-order valence-corrected chi connectivity index (χ3v) is 2.26. The van der Waals surface area contributed by atoms with E-state index >= 15 is 0 Å². The molecule has 3 N–H and O–H groups in total. The second kappa shape index (κ2) is 3.30. The lowest BCUT2D eigenvalue weighted by molar-refractivity contribution is -0.139. The Bertz CT molecular complexity index is 158. The third kappa shape index (κ3) is 1.77. The van der Waals surface area contributed by atoms with E-state index in [4.69, 9.17) is 15.2 Å². The number of nitrogens with two attached hydrogens (primary N) is 1. The minimum absolute atomic E-state index is 0.278. The van der Waals surface area contributed by atoms with Crippen LogP contribution in [0.1, 0.15) is 20.3 Å². The second-order valence-electron chi connectivity index (χ2n) is 3.67. The fraction of sp³-hybridized carbons (Fsp3) is 1.00. The van der Waals surface area contributed by atoms with Crippen molar-refractivity contribution in [3.63, 3.8) is 0 Å². The molecule has 1 saturated heterocycles. The summed E-state index contributed by atoms with van der Waals surface area (Å²) in [5.74, 6) is 0. The van der Waals surface area contributed by atoms with Gasteiger partial charge in [0.1, 0.15) is 6.10 Å². The fourth-order valence-corrected chi connectivity index (χ4v) is 1.65. The molecule has 1 aliphatic heterocycles. The highest BCUT2D eigenvalue weighted by Gasteiger charge is 2.44. The molecule has 1 heterocycles. The van der Waals surface area contributed by atoms with E-state index in [0.717, 1.165) is 0 Å². The number of aliphatic hydroxyl groups is 1. The lowest BCUT2D eigenvalue weighted by atomic mass is 9.92. The number of aliphatic hydroxyl groups excluding tert-OH is 1. The van der Waals surface area contributed by atoms with Gasteiger partial charge in [-0.05, 0) is 13.8 Å². The lowest BCUT2D eigenvalue weighted by Crippen LogP contribution is -2.49. The molecule has 0 amide bonds. The minimum Gasteiger partial charge on any atom is -0.391 e. The molecular formula is C8H17NO3. The van der Waals surface area contributed by atoms with E-state index in [1.54, 1.807) is 14.0 Å². The summed E-state index contributed by atoms with van der Waals surface area (Å²) in [6, 6.07) is 0. The van der Waals surface area contributed by atoms with E-state index in [1.807, 2.05) is 6.92 Å². The molecule has 0 aromatic carbocycles. The molecule has 4 heteroatoms. The summed E-state index contributed by atoms with van der Waals surface area (Å²) in [5, 5.41) is 9.34. The number of hydrogen-bond acceptors (Lipinski definition) is 4. The number of rotatable bonds is 2. The van der Waals surface area contributed by atoms with Crippen molar-refractivity contribution in [3.8, 4) is 0 Å². The van der Waals surface area contributed by atoms with Crippen molar-refractivity contribution in [2.24, 2.45) is 5.73 Å². The summed E-state index contributed by atoms with van der Waals surface area (Å²) in [7, 11) is 1.57. The molecule has 0 bridgehead atoms. The van der Waals surface area contributed by atoms with Crippen molar-refractivity contribution in [2.45, 2.75) is 44.3 Å². The smallest absolute Gasteiger partial charge is 0.159 e. The first-order valence-electron chi connectivity index (χ1n) is 4.12. The Morgan fingerprint density at radius 1 is 1.75 bits per heavy atom. The molecule has 0 aromatic heterocycles. The summed E-state index contributed by atoms with van der Waals surface area (Å²) in [6.45, 7) is 3.54. The maximum atomic E-state index is 9.34. The molecule has 0 saturated carbocycles. The van der Waals surface area contributed by atoms with Crippen LogP contribution in [0.5, 0.6) is 0 Å². The van der Waals surface area contributed by atoms with Gasteiger partial charge in [0.15, 0.2) is 6.29 Å². The Hall–Kier alpha value is -0.160. The van der Waals surface area contributed by atoms with Crippen molar-refractivity contribution in [1.29, 1.82) is 0 Å². The van der Waals surface area contributed by atoms with Crippen LogP contribution in [0.15, 0.2) is 0 Å². The largest absolute Gasteiger partial charge is 0.391 e. The van der Waals surface area contributed by atoms with E-state index in [-0.39, 0.29) is 12.4 Å². The van der Waals surface area contributed by atoms with E-state index in [0.29, 0.717) is 6.42 Å². The summed E-state index contributed by atoms with van der Waals surface area (Å²) < 4.78 is 10.4. The van der Waals surface area contributed by atoms with Gasteiger partial charge in [-0.25, -0.2) is 0 Å². The Kier molecular flexibility index (Phi) is 2.73. The Morgan fingerprint density at radius 3 is 2.58 bits per heavy atom. The molecule has 1 rings (SSSR count). The summed E-state index contributed by atoms with van der Waals surface area (Å²) in [6.07, 6.45) is -0.541. The fourth-order valence-electron chi connectivity index (χ4n) is 1.65. The van der Waals surface area contributed by atoms with Crippen LogP contribution in [-0.4, -0.2) is 36.3 Å². The van der Waals surface area contributed by atoms with Gasteiger partial charge in [0.05, 0.1) is 6.10 Å². The van der Waals surface area contributed by atoms with Gasteiger partial charge in [-0.2, -0.15) is 0 Å². The predicted octanol–water partition coefficient (Wildman–Crippen LogP) is -0.154. The van der Waals surface area contributed by atoms with Crippen molar-refractivity contribution >= 4 is 0 Å². The molecule has 1 fully saturated rings. The van der Waals surface area contributed by atoms with E-state index in [2.05, 4.69) is 0 Å². The highest BCUT2D eigenvalue weighted by Crippen LogP contribution is 2.30. The maximum Gasteiger partial charge on any atom is 0.159 e. The zero-order valence-electron chi connectivity index (χ0n) is 7.78.